The van der Waals surface area contributed by atoms with Crippen molar-refractivity contribution in [3.05, 3.63) is 51.6 Å². The third kappa shape index (κ3) is 6.25. The second-order valence-electron chi connectivity index (χ2n) is 13.2. The maximum absolute atomic E-state index is 13.9. The molecule has 14 heteroatoms. The van der Waals surface area contributed by atoms with Crippen molar-refractivity contribution in [1.29, 1.82) is 0 Å². The number of benzene rings is 2. The maximum atomic E-state index is 13.9. The van der Waals surface area contributed by atoms with E-state index in [1.807, 2.05) is 0 Å². The quantitative estimate of drug-likeness (QED) is 0.124. The highest BCUT2D eigenvalue weighted by atomic mass is 16.7. The Morgan fingerprint density at radius 1 is 1.14 bits per heavy atom. The van der Waals surface area contributed by atoms with Crippen LogP contribution in [0.3, 0.4) is 0 Å². The number of ketones is 3. The van der Waals surface area contributed by atoms with Crippen LogP contribution in [0, 0.1) is 0 Å². The molecule has 2 saturated heterocycles. The molecule has 0 bridgehead atoms. The molecule has 49 heavy (non-hydrogen) atoms. The number of aliphatic hydroxyl groups is 3. The number of carbonyl (C=O) groups is 3. The Balaban J connectivity index is 1.30. The van der Waals surface area contributed by atoms with E-state index in [4.69, 9.17) is 18.9 Å². The van der Waals surface area contributed by atoms with Gasteiger partial charge in [0.1, 0.15) is 35.7 Å². The number of phenols is 2. The molecule has 2 aromatic rings. The van der Waals surface area contributed by atoms with Crippen LogP contribution in [0.1, 0.15) is 88.6 Å². The zero-order valence-corrected chi connectivity index (χ0v) is 27.8. The van der Waals surface area contributed by atoms with Crippen LogP contribution >= 0.6 is 0 Å². The predicted octanol–water partition coefficient (Wildman–Crippen LogP) is 1.09. The molecule has 2 aromatic carbocycles. The third-order valence-electron chi connectivity index (χ3n) is 10.3. The van der Waals surface area contributed by atoms with E-state index in [1.165, 1.54) is 25.3 Å². The van der Waals surface area contributed by atoms with E-state index in [1.54, 1.807) is 6.92 Å². The molecule has 6 N–H and O–H groups in total. The number of hydrogen-bond acceptors (Lipinski definition) is 14. The summed E-state index contributed by atoms with van der Waals surface area (Å²) in [7, 11) is 1.34. The Bertz CT molecular complexity index is 1630. The van der Waals surface area contributed by atoms with Crippen LogP contribution in [-0.4, -0.2) is 124 Å². The summed E-state index contributed by atoms with van der Waals surface area (Å²) in [5, 5.41) is 58.8. The van der Waals surface area contributed by atoms with E-state index in [9.17, 15) is 39.9 Å². The number of Topliss-reactive ketones (excluding diaryl/α,β-unsaturated/α-hetero) is 1. The summed E-state index contributed by atoms with van der Waals surface area (Å²) in [5.41, 5.74) is -3.55. The van der Waals surface area contributed by atoms with Crippen LogP contribution in [0.2, 0.25) is 0 Å². The average Bonchev–Trinajstić information content (AvgIpc) is 3.55. The van der Waals surface area contributed by atoms with Crippen LogP contribution in [0.4, 0.5) is 0 Å². The molecule has 0 spiro atoms. The van der Waals surface area contributed by atoms with Crippen molar-refractivity contribution in [2.45, 2.75) is 88.4 Å². The predicted molar refractivity (Wildman–Crippen MR) is 172 cm³/mol. The molecule has 0 aromatic heterocycles. The van der Waals surface area contributed by atoms with Crippen molar-refractivity contribution in [3.8, 4) is 17.2 Å². The summed E-state index contributed by atoms with van der Waals surface area (Å²) in [4.78, 5) is 42.7. The number of ether oxygens (including phenoxy) is 4. The van der Waals surface area contributed by atoms with E-state index in [2.05, 4.69) is 17.1 Å². The lowest BCUT2D eigenvalue weighted by molar-refractivity contribution is -0.249. The number of carbonyl (C=O) groups excluding carboxylic acids is 3. The Morgan fingerprint density at radius 2 is 1.90 bits per heavy atom. The molecule has 2 aliphatic heterocycles. The topological polar surface area (TPSA) is 205 Å². The zero-order valence-electron chi connectivity index (χ0n) is 27.8. The van der Waals surface area contributed by atoms with Gasteiger partial charge >= 0.3 is 0 Å². The SMILES string of the molecule is CCN1CCOC1CCCN[C@H]1C[C@H](O[C@H]2C[C@](O)(C(=O)CO)Cc3c(O)c4c(c(O)c32)C(=O)c2c(OC)cccc2C4=O)O[C@@H](C)[C@H]1O. The smallest absolute Gasteiger partial charge is 0.202 e. The first-order chi connectivity index (χ1) is 23.4. The zero-order chi connectivity index (χ0) is 35.2. The van der Waals surface area contributed by atoms with Gasteiger partial charge in [-0.2, -0.15) is 0 Å². The van der Waals surface area contributed by atoms with Crippen molar-refractivity contribution >= 4 is 17.3 Å². The van der Waals surface area contributed by atoms with Crippen molar-refractivity contribution in [2.24, 2.45) is 0 Å². The number of nitrogens with zero attached hydrogens (tertiary/aromatic N) is 1. The lowest BCUT2D eigenvalue weighted by atomic mass is 9.72. The first-order valence-electron chi connectivity index (χ1n) is 16.8. The summed E-state index contributed by atoms with van der Waals surface area (Å²) in [6, 6.07) is 3.95. The second-order valence-corrected chi connectivity index (χ2v) is 13.2. The Hall–Kier alpha value is -3.47. The number of fused-ring (bicyclic) bond motifs is 3. The first-order valence-corrected chi connectivity index (χ1v) is 16.8. The number of methoxy groups -OCH3 is 1. The fourth-order valence-electron chi connectivity index (χ4n) is 7.67. The van der Waals surface area contributed by atoms with E-state index < -0.39 is 95.7 Å². The van der Waals surface area contributed by atoms with Crippen molar-refractivity contribution in [2.75, 3.05) is 40.0 Å². The molecule has 2 heterocycles. The fraction of sp³-hybridized carbons (Fsp3) is 0.571. The molecule has 4 aliphatic rings. The summed E-state index contributed by atoms with van der Waals surface area (Å²) in [6.07, 6.45) is -3.16. The molecule has 14 nitrogen and oxygen atoms in total. The van der Waals surface area contributed by atoms with Crippen LogP contribution in [0.25, 0.3) is 0 Å². The highest BCUT2D eigenvalue weighted by Crippen LogP contribution is 2.52. The number of aliphatic hydroxyl groups excluding tert-OH is 2. The van der Waals surface area contributed by atoms with Crippen LogP contribution in [-0.2, 0) is 25.4 Å². The Labute approximate surface area is 283 Å². The fourth-order valence-corrected chi connectivity index (χ4v) is 7.67. The minimum atomic E-state index is -2.25. The summed E-state index contributed by atoms with van der Waals surface area (Å²) >= 11 is 0. The standard InChI is InChI=1S/C35H44N2O12/c1-4-37-11-12-47-24(37)9-6-10-36-20-13-25(48-17(2)30(20)40)49-22-15-35(45,23(39)16-38)14-19-27(22)34(44)29-28(32(19)42)31(41)18-7-5-8-21(46-3)26(18)33(29)43/h5,7-8,17,20,22,24-25,30,36,38,40,42,44-45H,4,6,9-16H2,1-3H3/t17-,20-,22-,24?,25-,30+,35-/m0/s1. The van der Waals surface area contributed by atoms with Gasteiger partial charge in [-0.15, -0.1) is 0 Å². The number of likely N-dealkylation sites (N-methyl/N-ethyl adjacent to an activating group) is 1. The molecule has 6 rings (SSSR count). The molecule has 0 amide bonds. The number of rotatable bonds is 11. The molecule has 0 radical (unpaired) electrons. The summed E-state index contributed by atoms with van der Waals surface area (Å²) < 4.78 is 23.5. The summed E-state index contributed by atoms with van der Waals surface area (Å²) in [6.45, 7) is 5.83. The minimum Gasteiger partial charge on any atom is -0.507 e. The van der Waals surface area contributed by atoms with Gasteiger partial charge in [0.2, 0.25) is 5.78 Å². The molecule has 2 aliphatic carbocycles. The molecule has 0 saturated carbocycles. The van der Waals surface area contributed by atoms with Gasteiger partial charge in [-0.05, 0) is 38.9 Å². The number of nitrogens with one attached hydrogen (secondary N) is 1. The molecule has 7 atom stereocenters. The summed E-state index contributed by atoms with van der Waals surface area (Å²) in [5.74, 6) is -3.70. The van der Waals surface area contributed by atoms with E-state index in [0.29, 0.717) is 13.2 Å². The normalized spacial score (nSPS) is 29.8. The van der Waals surface area contributed by atoms with Gasteiger partial charge in [-0.1, -0.05) is 19.1 Å². The largest absolute Gasteiger partial charge is 0.507 e. The van der Waals surface area contributed by atoms with Gasteiger partial charge < -0.3 is 49.8 Å². The van der Waals surface area contributed by atoms with E-state index >= 15 is 0 Å². The van der Waals surface area contributed by atoms with Gasteiger partial charge in [0.25, 0.3) is 0 Å². The lowest BCUT2D eigenvalue weighted by Gasteiger charge is -2.43. The van der Waals surface area contributed by atoms with Crippen LogP contribution in [0.5, 0.6) is 17.2 Å². The number of aromatic hydroxyl groups is 2. The van der Waals surface area contributed by atoms with Gasteiger partial charge in [-0.25, -0.2) is 0 Å². The first kappa shape index (κ1) is 35.4. The van der Waals surface area contributed by atoms with Crippen LogP contribution < -0.4 is 10.1 Å². The van der Waals surface area contributed by atoms with Gasteiger partial charge in [0.15, 0.2) is 17.9 Å². The van der Waals surface area contributed by atoms with E-state index in [0.717, 1.165) is 25.9 Å². The van der Waals surface area contributed by atoms with Crippen LogP contribution in [0.15, 0.2) is 18.2 Å². The van der Waals surface area contributed by atoms with Gasteiger partial charge in [-0.3, -0.25) is 19.3 Å². The highest BCUT2D eigenvalue weighted by molar-refractivity contribution is 6.31. The van der Waals surface area contributed by atoms with Gasteiger partial charge in [0.05, 0.1) is 48.7 Å². The van der Waals surface area contributed by atoms with Gasteiger partial charge in [0, 0.05) is 48.5 Å². The monoisotopic (exact) mass is 684 g/mol. The molecular weight excluding hydrogens is 640 g/mol. The van der Waals surface area contributed by atoms with Crippen molar-refractivity contribution in [3.63, 3.8) is 0 Å². The Kier molecular flexibility index (Phi) is 10.1. The van der Waals surface area contributed by atoms with Crippen molar-refractivity contribution < 1.29 is 58.9 Å². The van der Waals surface area contributed by atoms with Crippen molar-refractivity contribution in [1.82, 2.24) is 10.2 Å². The maximum Gasteiger partial charge on any atom is 0.202 e. The lowest BCUT2D eigenvalue weighted by Crippen LogP contribution is -2.54. The minimum absolute atomic E-state index is 0.0445. The second kappa shape index (κ2) is 14.0. The highest BCUT2D eigenvalue weighted by Gasteiger charge is 2.50. The molecule has 1 unspecified atom stereocenters. The molecule has 2 fully saturated rings. The third-order valence-corrected chi connectivity index (χ3v) is 10.3. The van der Waals surface area contributed by atoms with E-state index in [-0.39, 0.29) is 40.7 Å². The Morgan fingerprint density at radius 3 is 2.61 bits per heavy atom. The molecular formula is C35H44N2O12. The average molecular weight is 685 g/mol. The number of hydrogen-bond donors (Lipinski definition) is 6. The molecule has 266 valence electrons. The number of phenolic OH excluding ortho intramolecular Hbond substituents is 2.